The van der Waals surface area contributed by atoms with E-state index in [9.17, 15) is 14.4 Å². The molecule has 3 aliphatic heterocycles. The third-order valence-electron chi connectivity index (χ3n) is 10.1. The third kappa shape index (κ3) is 9.68. The molecule has 6 bridgehead atoms. The topological polar surface area (TPSA) is 137 Å². The van der Waals surface area contributed by atoms with Gasteiger partial charge in [0.2, 0.25) is 5.91 Å². The van der Waals surface area contributed by atoms with Gasteiger partial charge in [-0.25, -0.2) is 10.4 Å². The number of carbonyl (C=O) groups is 3. The lowest BCUT2D eigenvalue weighted by Gasteiger charge is -2.36. The largest absolute Gasteiger partial charge is 0.464 e. The van der Waals surface area contributed by atoms with Gasteiger partial charge in [-0.1, -0.05) is 19.9 Å². The predicted molar refractivity (Wildman–Crippen MR) is 235 cm³/mol. The Morgan fingerprint density at radius 3 is 2.62 bits per heavy atom. The molecule has 2 fully saturated rings. The quantitative estimate of drug-likeness (QED) is 0.243. The van der Waals surface area contributed by atoms with Crippen molar-refractivity contribution in [1.82, 2.24) is 30.3 Å². The molecule has 2 saturated heterocycles. The minimum atomic E-state index is -0.890. The molecular weight excluding hydrogens is 797 g/mol. The molecule has 2 amide bonds. The van der Waals surface area contributed by atoms with Crippen molar-refractivity contribution in [1.29, 1.82) is 0 Å². The number of cyclic esters (lactones) is 1. The zero-order valence-corrected chi connectivity index (χ0v) is 36.7. The van der Waals surface area contributed by atoms with E-state index in [-0.39, 0.29) is 84.9 Å². The highest BCUT2D eigenvalue weighted by atomic mass is 32.1. The molecule has 4 atom stereocenters. The maximum atomic E-state index is 14.0. The van der Waals surface area contributed by atoms with Crippen LogP contribution in [-0.2, 0) is 48.0 Å². The summed E-state index contributed by atoms with van der Waals surface area (Å²) < 4.78 is 19.5. The number of fused-ring (bicyclic) bond motifs is 6. The van der Waals surface area contributed by atoms with Gasteiger partial charge in [0.05, 0.1) is 41.4 Å². The Balaban J connectivity index is 0.00000203. The summed E-state index contributed by atoms with van der Waals surface area (Å²) in [5.41, 5.74) is 9.56. The molecule has 0 unspecified atom stereocenters. The van der Waals surface area contributed by atoms with Crippen LogP contribution in [0.1, 0.15) is 69.3 Å². The molecular formula is C38H54N6O6S5. The zero-order valence-electron chi connectivity index (χ0n) is 31.9. The molecule has 12 nitrogen and oxygen atoms in total. The molecule has 0 saturated carbocycles. The van der Waals surface area contributed by atoms with E-state index in [4.69, 9.17) is 24.2 Å². The number of pyridine rings is 1. The first-order valence-corrected chi connectivity index (χ1v) is 18.7. The summed E-state index contributed by atoms with van der Waals surface area (Å²) in [5, 5.41) is 8.19. The lowest BCUT2D eigenvalue weighted by Crippen LogP contribution is -2.61. The molecule has 4 aromatic rings. The number of carbonyl (C=O) groups excluding carboxylic acids is 3. The Bertz CT molecular complexity index is 1970. The molecule has 0 aliphatic carbocycles. The molecule has 3 aromatic heterocycles. The van der Waals surface area contributed by atoms with Gasteiger partial charge in [0.15, 0.2) is 0 Å². The lowest BCUT2D eigenvalue weighted by atomic mass is 9.84. The molecule has 3 aliphatic rings. The smallest absolute Gasteiger partial charge is 0.324 e. The maximum Gasteiger partial charge on any atom is 0.324 e. The number of aromatic nitrogens is 3. The van der Waals surface area contributed by atoms with Crippen molar-refractivity contribution in [2.24, 2.45) is 5.41 Å². The summed E-state index contributed by atoms with van der Waals surface area (Å²) in [6.45, 7) is 10.2. The van der Waals surface area contributed by atoms with Crippen molar-refractivity contribution in [3.8, 4) is 22.5 Å². The van der Waals surface area contributed by atoms with Crippen molar-refractivity contribution >= 4 is 94.0 Å². The number of aryl methyl sites for hydroxylation is 1. The molecule has 1 aromatic carbocycles. The highest BCUT2D eigenvalue weighted by Crippen LogP contribution is 2.42. The van der Waals surface area contributed by atoms with Crippen LogP contribution in [0.3, 0.4) is 0 Å². The van der Waals surface area contributed by atoms with E-state index >= 15 is 0 Å². The molecule has 0 spiro atoms. The van der Waals surface area contributed by atoms with Gasteiger partial charge in [-0.15, -0.1) is 11.3 Å². The van der Waals surface area contributed by atoms with E-state index in [1.807, 2.05) is 18.4 Å². The van der Waals surface area contributed by atoms with Crippen LogP contribution in [0.25, 0.3) is 33.4 Å². The summed E-state index contributed by atoms with van der Waals surface area (Å²) in [6, 6.07) is 8.91. The lowest BCUT2D eigenvalue weighted by molar-refractivity contribution is -0.156. The van der Waals surface area contributed by atoms with E-state index in [0.29, 0.717) is 43.8 Å². The van der Waals surface area contributed by atoms with Crippen molar-refractivity contribution in [2.75, 3.05) is 26.9 Å². The first kappa shape index (κ1) is 46.6. The number of nitrogens with zero attached hydrogens (tertiary/aromatic N) is 4. The second-order valence-electron chi connectivity index (χ2n) is 14.4. The van der Waals surface area contributed by atoms with Crippen LogP contribution in [0.4, 0.5) is 0 Å². The number of thiazole rings is 1. The summed E-state index contributed by atoms with van der Waals surface area (Å²) >= 11 is 1.46. The summed E-state index contributed by atoms with van der Waals surface area (Å²) in [5.74, 6) is -1.05. The number of hydrogen-bond donors (Lipinski definition) is 2. The van der Waals surface area contributed by atoms with Gasteiger partial charge in [-0.05, 0) is 62.9 Å². The Morgan fingerprint density at radius 2 is 1.93 bits per heavy atom. The van der Waals surface area contributed by atoms with Gasteiger partial charge in [0, 0.05) is 72.1 Å². The number of ether oxygens (including phenoxy) is 3. The second-order valence-corrected chi connectivity index (χ2v) is 15.4. The van der Waals surface area contributed by atoms with Gasteiger partial charge in [-0.3, -0.25) is 24.4 Å². The average Bonchev–Trinajstić information content (AvgIpc) is 3.70. The Kier molecular flexibility index (Phi) is 16.6. The van der Waals surface area contributed by atoms with E-state index in [0.717, 1.165) is 51.2 Å². The maximum absolute atomic E-state index is 14.0. The number of amides is 2. The SMILES string of the molecule is CCn1c(-c2cccnc2[C@H](C)OC)c2c3cc(ccc31)-c1csc(n1)C[C@H](NC(=O)[C@@H]1CCO1)C(=O)N1CCC[C@H](N1)C(=O)OCC(C)(C)C2.S.S.S.S. The zero-order chi connectivity index (χ0) is 35.9. The van der Waals surface area contributed by atoms with E-state index < -0.39 is 29.6 Å². The summed E-state index contributed by atoms with van der Waals surface area (Å²) in [6.07, 6.45) is 3.59. The standard InChI is InChI=1S/C38H46N6O6S.4H2S/c1-6-43-30-12-11-23-17-25(30)26(34(43)24-9-7-14-39-33(24)22(2)48-5)19-38(3,4)21-50-37(47)27-10-8-15-44(42-27)36(46)28(18-32-40-29(23)20-51-32)41-35(45)31-13-16-49-31;;;;/h7,9,11-12,14,17,20,22,27-28,31,42H,6,8,10,13,15-16,18-19,21H2,1-5H3,(H,41,45);4*1H2/t22-,27-,28-,31-;;;;/m0..../s1. The predicted octanol–water partition coefficient (Wildman–Crippen LogP) is 5.44. The molecule has 55 heavy (non-hydrogen) atoms. The van der Waals surface area contributed by atoms with Gasteiger partial charge in [0.1, 0.15) is 18.2 Å². The van der Waals surface area contributed by atoms with Gasteiger partial charge in [0.25, 0.3) is 5.91 Å². The minimum Gasteiger partial charge on any atom is -0.464 e. The summed E-state index contributed by atoms with van der Waals surface area (Å²) in [7, 11) is 1.69. The fourth-order valence-electron chi connectivity index (χ4n) is 7.27. The van der Waals surface area contributed by atoms with Crippen molar-refractivity contribution in [3.05, 3.63) is 58.2 Å². The van der Waals surface area contributed by atoms with Gasteiger partial charge < -0.3 is 24.1 Å². The van der Waals surface area contributed by atoms with Crippen LogP contribution >= 0.6 is 65.3 Å². The van der Waals surface area contributed by atoms with Crippen LogP contribution < -0.4 is 10.7 Å². The Labute approximate surface area is 354 Å². The van der Waals surface area contributed by atoms with E-state index in [1.54, 1.807) is 13.3 Å². The van der Waals surface area contributed by atoms with E-state index in [1.165, 1.54) is 16.3 Å². The van der Waals surface area contributed by atoms with Crippen LogP contribution in [0.2, 0.25) is 0 Å². The van der Waals surface area contributed by atoms with E-state index in [2.05, 4.69) is 60.3 Å². The second kappa shape index (κ2) is 19.6. The number of esters is 1. The molecule has 17 heteroatoms. The average molecular weight is 851 g/mol. The summed E-state index contributed by atoms with van der Waals surface area (Å²) in [4.78, 5) is 50.3. The first-order valence-electron chi connectivity index (χ1n) is 17.8. The highest BCUT2D eigenvalue weighted by molar-refractivity contribution is 7.59. The molecule has 302 valence electrons. The first-order chi connectivity index (χ1) is 24.6. The number of hydrazine groups is 1. The van der Waals surface area contributed by atoms with Crippen LogP contribution in [0.15, 0.2) is 41.9 Å². The van der Waals surface area contributed by atoms with Gasteiger partial charge >= 0.3 is 5.97 Å². The Morgan fingerprint density at radius 1 is 1.16 bits per heavy atom. The van der Waals surface area contributed by atoms with Crippen LogP contribution in [-0.4, -0.2) is 82.4 Å². The molecule has 2 N–H and O–H groups in total. The number of nitrogens with one attached hydrogen (secondary N) is 2. The monoisotopic (exact) mass is 850 g/mol. The number of benzene rings is 1. The molecule has 6 heterocycles. The van der Waals surface area contributed by atoms with Crippen LogP contribution in [0.5, 0.6) is 0 Å². The molecule has 0 radical (unpaired) electrons. The molecule has 7 rings (SSSR count). The van der Waals surface area contributed by atoms with Crippen molar-refractivity contribution < 1.29 is 28.6 Å². The fourth-order valence-corrected chi connectivity index (χ4v) is 8.12. The number of methoxy groups -OCH3 is 1. The normalized spacial score (nSPS) is 21.3. The third-order valence-corrected chi connectivity index (χ3v) is 11.0. The fraction of sp³-hybridized carbons (Fsp3) is 0.500. The minimum absolute atomic E-state index is 0. The number of rotatable bonds is 6. The highest BCUT2D eigenvalue weighted by Gasteiger charge is 2.37. The number of hydrogen-bond acceptors (Lipinski definition) is 10. The van der Waals surface area contributed by atoms with Gasteiger partial charge in [-0.2, -0.15) is 54.0 Å². The van der Waals surface area contributed by atoms with Crippen molar-refractivity contribution in [3.63, 3.8) is 0 Å². The van der Waals surface area contributed by atoms with Crippen molar-refractivity contribution in [2.45, 2.75) is 90.6 Å². The van der Waals surface area contributed by atoms with Crippen LogP contribution in [0, 0.1) is 5.41 Å². The Hall–Kier alpha value is -2.77.